The quantitative estimate of drug-likeness (QED) is 0.828. The van der Waals surface area contributed by atoms with Crippen LogP contribution in [0.5, 0.6) is 0 Å². The molecule has 0 aliphatic rings. The third kappa shape index (κ3) is 2.21. The van der Waals surface area contributed by atoms with Gasteiger partial charge in [-0.15, -0.1) is 0 Å². The van der Waals surface area contributed by atoms with Crippen molar-refractivity contribution in [2.75, 3.05) is 0 Å². The first-order valence-corrected chi connectivity index (χ1v) is 5.49. The van der Waals surface area contributed by atoms with Gasteiger partial charge in [-0.2, -0.15) is 10.1 Å². The van der Waals surface area contributed by atoms with Gasteiger partial charge in [-0.1, -0.05) is 25.9 Å². The zero-order valence-corrected chi connectivity index (χ0v) is 10.5. The number of aromatic nitrogens is 4. The molecular formula is C11H17N5O. The third-order valence-corrected chi connectivity index (χ3v) is 2.71. The van der Waals surface area contributed by atoms with Crippen LogP contribution in [0.15, 0.2) is 10.7 Å². The Bertz CT molecular complexity index is 508. The summed E-state index contributed by atoms with van der Waals surface area (Å²) in [5.74, 6) is 0.971. The minimum absolute atomic E-state index is 0.105. The van der Waals surface area contributed by atoms with Crippen LogP contribution in [0.4, 0.5) is 0 Å². The lowest BCUT2D eigenvalue weighted by Gasteiger charge is -2.23. The smallest absolute Gasteiger partial charge is 0.261 e. The number of nitrogens with two attached hydrogens (primary N) is 1. The average Bonchev–Trinajstić information content (AvgIpc) is 2.83. The van der Waals surface area contributed by atoms with E-state index in [2.05, 4.69) is 20.3 Å². The van der Waals surface area contributed by atoms with Crippen LogP contribution in [-0.4, -0.2) is 20.3 Å². The molecule has 2 aromatic heterocycles. The number of rotatable bonds is 2. The van der Waals surface area contributed by atoms with Gasteiger partial charge in [-0.3, -0.25) is 5.10 Å². The average molecular weight is 235 g/mol. The molecule has 0 saturated heterocycles. The van der Waals surface area contributed by atoms with Crippen molar-refractivity contribution in [3.8, 4) is 11.5 Å². The third-order valence-electron chi connectivity index (χ3n) is 2.71. The molecule has 0 fully saturated rings. The molecule has 0 aromatic carbocycles. The van der Waals surface area contributed by atoms with Crippen molar-refractivity contribution in [3.63, 3.8) is 0 Å². The van der Waals surface area contributed by atoms with Crippen LogP contribution in [0.1, 0.15) is 38.3 Å². The maximum Gasteiger partial charge on any atom is 0.261 e. The highest BCUT2D eigenvalue weighted by molar-refractivity contribution is 5.54. The molecule has 17 heavy (non-hydrogen) atoms. The number of nitrogens with one attached hydrogen (secondary N) is 1. The standard InChI is InChI=1S/C11H17N5O/c1-6-7(5-13-15-6)10-14-9(16-17-10)8(12)11(2,3)4/h5,8H,12H2,1-4H3,(H,13,15). The van der Waals surface area contributed by atoms with Gasteiger partial charge in [0, 0.05) is 5.69 Å². The molecular weight excluding hydrogens is 218 g/mol. The molecule has 6 nitrogen and oxygen atoms in total. The first-order valence-electron chi connectivity index (χ1n) is 5.49. The summed E-state index contributed by atoms with van der Waals surface area (Å²) in [6.45, 7) is 8.01. The predicted molar refractivity (Wildman–Crippen MR) is 63.0 cm³/mol. The zero-order valence-electron chi connectivity index (χ0n) is 10.5. The Labute approximate surface area is 99.6 Å². The largest absolute Gasteiger partial charge is 0.334 e. The number of hydrogen-bond acceptors (Lipinski definition) is 5. The molecule has 0 amide bonds. The van der Waals surface area contributed by atoms with Gasteiger partial charge in [-0.05, 0) is 12.3 Å². The highest BCUT2D eigenvalue weighted by atomic mass is 16.5. The highest BCUT2D eigenvalue weighted by Crippen LogP contribution is 2.30. The molecule has 0 spiro atoms. The predicted octanol–water partition coefficient (Wildman–Crippen LogP) is 1.81. The molecule has 92 valence electrons. The lowest BCUT2D eigenvalue weighted by atomic mass is 9.87. The van der Waals surface area contributed by atoms with Crippen molar-refractivity contribution < 1.29 is 4.52 Å². The Hall–Kier alpha value is -1.69. The second-order valence-corrected chi connectivity index (χ2v) is 5.21. The second-order valence-electron chi connectivity index (χ2n) is 5.21. The fourth-order valence-electron chi connectivity index (χ4n) is 1.42. The summed E-state index contributed by atoms with van der Waals surface area (Å²) in [4.78, 5) is 4.32. The van der Waals surface area contributed by atoms with Crippen LogP contribution in [0.3, 0.4) is 0 Å². The van der Waals surface area contributed by atoms with Crippen LogP contribution in [-0.2, 0) is 0 Å². The summed E-state index contributed by atoms with van der Waals surface area (Å²) >= 11 is 0. The number of aromatic amines is 1. The number of aryl methyl sites for hydroxylation is 1. The molecule has 2 rings (SSSR count). The second kappa shape index (κ2) is 3.96. The lowest BCUT2D eigenvalue weighted by Crippen LogP contribution is -2.27. The first kappa shape index (κ1) is 11.8. The molecule has 2 heterocycles. The molecule has 0 bridgehead atoms. The summed E-state index contributed by atoms with van der Waals surface area (Å²) in [6, 6.07) is -0.257. The molecule has 0 aliphatic heterocycles. The van der Waals surface area contributed by atoms with E-state index in [1.54, 1.807) is 6.20 Å². The van der Waals surface area contributed by atoms with Crippen LogP contribution in [0.25, 0.3) is 11.5 Å². The number of nitrogens with zero attached hydrogens (tertiary/aromatic N) is 3. The Kier molecular flexibility index (Phi) is 2.74. The van der Waals surface area contributed by atoms with Gasteiger partial charge in [-0.25, -0.2) is 0 Å². The first-order chi connectivity index (χ1) is 7.89. The van der Waals surface area contributed by atoms with Gasteiger partial charge in [0.15, 0.2) is 5.82 Å². The van der Waals surface area contributed by atoms with Crippen molar-refractivity contribution >= 4 is 0 Å². The van der Waals surface area contributed by atoms with Crippen molar-refractivity contribution in [1.29, 1.82) is 0 Å². The van der Waals surface area contributed by atoms with Crippen molar-refractivity contribution in [1.82, 2.24) is 20.3 Å². The van der Waals surface area contributed by atoms with E-state index in [4.69, 9.17) is 10.3 Å². The lowest BCUT2D eigenvalue weighted by molar-refractivity contribution is 0.303. The van der Waals surface area contributed by atoms with E-state index in [0.717, 1.165) is 11.3 Å². The summed E-state index contributed by atoms with van der Waals surface area (Å²) in [5, 5.41) is 10.7. The van der Waals surface area contributed by atoms with Gasteiger partial charge in [0.2, 0.25) is 0 Å². The normalized spacial score (nSPS) is 13.9. The summed E-state index contributed by atoms with van der Waals surface area (Å²) < 4.78 is 5.21. The van der Waals surface area contributed by atoms with Gasteiger partial charge in [0.05, 0.1) is 17.8 Å². The van der Waals surface area contributed by atoms with Gasteiger partial charge < -0.3 is 10.3 Å². The Morgan fingerprint density at radius 1 is 1.41 bits per heavy atom. The Balaban J connectivity index is 2.31. The zero-order chi connectivity index (χ0) is 12.6. The molecule has 2 aromatic rings. The van der Waals surface area contributed by atoms with Crippen molar-refractivity contribution in [3.05, 3.63) is 17.7 Å². The fraction of sp³-hybridized carbons (Fsp3) is 0.545. The van der Waals surface area contributed by atoms with Crippen LogP contribution < -0.4 is 5.73 Å². The minimum atomic E-state index is -0.257. The Morgan fingerprint density at radius 2 is 2.12 bits per heavy atom. The Morgan fingerprint density at radius 3 is 2.65 bits per heavy atom. The van der Waals surface area contributed by atoms with Crippen LogP contribution in [0.2, 0.25) is 0 Å². The maximum atomic E-state index is 6.07. The van der Waals surface area contributed by atoms with E-state index in [0.29, 0.717) is 11.7 Å². The highest BCUT2D eigenvalue weighted by Gasteiger charge is 2.27. The van der Waals surface area contributed by atoms with E-state index >= 15 is 0 Å². The molecule has 3 N–H and O–H groups in total. The fourth-order valence-corrected chi connectivity index (χ4v) is 1.42. The van der Waals surface area contributed by atoms with E-state index in [9.17, 15) is 0 Å². The van der Waals surface area contributed by atoms with E-state index in [1.807, 2.05) is 27.7 Å². The van der Waals surface area contributed by atoms with Crippen LogP contribution >= 0.6 is 0 Å². The topological polar surface area (TPSA) is 93.6 Å². The minimum Gasteiger partial charge on any atom is -0.334 e. The van der Waals surface area contributed by atoms with Crippen molar-refractivity contribution in [2.24, 2.45) is 11.1 Å². The monoisotopic (exact) mass is 235 g/mol. The van der Waals surface area contributed by atoms with E-state index in [-0.39, 0.29) is 11.5 Å². The summed E-state index contributed by atoms with van der Waals surface area (Å²) in [7, 11) is 0. The van der Waals surface area contributed by atoms with Crippen LogP contribution in [0, 0.1) is 12.3 Å². The molecule has 1 atom stereocenters. The molecule has 0 aliphatic carbocycles. The van der Waals surface area contributed by atoms with Gasteiger partial charge >= 0.3 is 0 Å². The van der Waals surface area contributed by atoms with Gasteiger partial charge in [0.1, 0.15) is 0 Å². The maximum absolute atomic E-state index is 6.07. The SMILES string of the molecule is Cc1[nH]ncc1-c1nc(C(N)C(C)(C)C)no1. The number of H-pyrrole nitrogens is 1. The van der Waals surface area contributed by atoms with E-state index < -0.39 is 0 Å². The van der Waals surface area contributed by atoms with Gasteiger partial charge in [0.25, 0.3) is 5.89 Å². The molecule has 0 saturated carbocycles. The molecule has 0 radical (unpaired) electrons. The summed E-state index contributed by atoms with van der Waals surface area (Å²) in [5.41, 5.74) is 7.67. The molecule has 1 unspecified atom stereocenters. The molecule has 6 heteroatoms. The summed E-state index contributed by atoms with van der Waals surface area (Å²) in [6.07, 6.45) is 1.66. The number of hydrogen-bond donors (Lipinski definition) is 2. The van der Waals surface area contributed by atoms with Crippen molar-refractivity contribution in [2.45, 2.75) is 33.7 Å². The van der Waals surface area contributed by atoms with E-state index in [1.165, 1.54) is 0 Å².